The average Bonchev–Trinajstić information content (AvgIpc) is 2.67. The second-order valence-corrected chi connectivity index (χ2v) is 6.80. The van der Waals surface area contributed by atoms with Crippen molar-refractivity contribution in [3.05, 3.63) is 51.0 Å². The Morgan fingerprint density at radius 1 is 1.04 bits per heavy atom. The third kappa shape index (κ3) is 6.48. The van der Waals surface area contributed by atoms with Crippen LogP contribution in [-0.2, 0) is 4.79 Å². The van der Waals surface area contributed by atoms with Gasteiger partial charge in [0.1, 0.15) is 5.75 Å². The molecule has 0 aromatic heterocycles. The van der Waals surface area contributed by atoms with E-state index in [-0.39, 0.29) is 12.3 Å². The summed E-state index contributed by atoms with van der Waals surface area (Å²) in [5.74, 6) is 1.29. The molecule has 0 aliphatic rings. The number of carbonyl (C=O) groups is 1. The Morgan fingerprint density at radius 3 is 2.43 bits per heavy atom. The van der Waals surface area contributed by atoms with E-state index in [2.05, 4.69) is 10.5 Å². The molecule has 2 rings (SSSR count). The number of methoxy groups -OCH3 is 2. The predicted molar refractivity (Wildman–Crippen MR) is 111 cm³/mol. The van der Waals surface area contributed by atoms with Gasteiger partial charge in [-0.1, -0.05) is 34.8 Å². The summed E-state index contributed by atoms with van der Waals surface area (Å²) in [4.78, 5) is 11.9. The number of amides is 1. The van der Waals surface area contributed by atoms with Crippen LogP contribution in [0.1, 0.15) is 18.4 Å². The third-order valence-corrected chi connectivity index (χ3v) is 4.45. The molecule has 0 radical (unpaired) electrons. The number of ether oxygens (including phenoxy) is 3. The molecule has 0 fully saturated rings. The van der Waals surface area contributed by atoms with Gasteiger partial charge in [-0.05, 0) is 30.7 Å². The summed E-state index contributed by atoms with van der Waals surface area (Å²) >= 11 is 18.0. The summed E-state index contributed by atoms with van der Waals surface area (Å²) in [5.41, 5.74) is 3.03. The second-order valence-electron chi connectivity index (χ2n) is 5.55. The maximum absolute atomic E-state index is 11.9. The number of carbonyl (C=O) groups excluding carboxylic acids is 1. The Labute approximate surface area is 178 Å². The van der Waals surface area contributed by atoms with E-state index in [0.717, 1.165) is 0 Å². The fourth-order valence-electron chi connectivity index (χ4n) is 2.21. The first-order valence-electron chi connectivity index (χ1n) is 8.26. The van der Waals surface area contributed by atoms with Crippen LogP contribution in [0.15, 0.2) is 35.4 Å². The molecule has 0 spiro atoms. The Kier molecular flexibility index (Phi) is 8.70. The maximum Gasteiger partial charge on any atom is 0.240 e. The standard InChI is InChI=1S/C19H19Cl3N2O4/c1-26-17-8-12(14(21)10-18(17)27-2)11-23-24-19(25)4-3-7-28-16-6-5-13(20)9-15(16)22/h5-6,8-11H,3-4,7H2,1-2H3,(H,24,25)/b23-11+. The van der Waals surface area contributed by atoms with E-state index in [4.69, 9.17) is 49.0 Å². The van der Waals surface area contributed by atoms with E-state index < -0.39 is 0 Å². The molecule has 0 heterocycles. The molecule has 1 amide bonds. The Balaban J connectivity index is 1.79. The number of benzene rings is 2. The zero-order valence-electron chi connectivity index (χ0n) is 15.3. The van der Waals surface area contributed by atoms with Gasteiger partial charge in [0, 0.05) is 23.1 Å². The van der Waals surface area contributed by atoms with E-state index in [1.807, 2.05) is 0 Å². The Morgan fingerprint density at radius 2 is 1.75 bits per heavy atom. The van der Waals surface area contributed by atoms with Gasteiger partial charge in [0.05, 0.1) is 37.1 Å². The predicted octanol–water partition coefficient (Wildman–Crippen LogP) is 4.97. The molecule has 28 heavy (non-hydrogen) atoms. The van der Waals surface area contributed by atoms with E-state index in [0.29, 0.717) is 50.9 Å². The number of halogens is 3. The van der Waals surface area contributed by atoms with Gasteiger partial charge in [-0.2, -0.15) is 5.10 Å². The minimum Gasteiger partial charge on any atom is -0.493 e. The molecule has 0 atom stereocenters. The van der Waals surface area contributed by atoms with E-state index in [1.54, 1.807) is 30.3 Å². The van der Waals surface area contributed by atoms with Crippen LogP contribution in [0.2, 0.25) is 15.1 Å². The molecule has 2 aromatic rings. The average molecular weight is 446 g/mol. The molecule has 0 aliphatic heterocycles. The van der Waals surface area contributed by atoms with E-state index >= 15 is 0 Å². The fourth-order valence-corrected chi connectivity index (χ4v) is 2.87. The molecule has 0 aliphatic carbocycles. The molecule has 1 N–H and O–H groups in total. The molecular weight excluding hydrogens is 427 g/mol. The molecular formula is C19H19Cl3N2O4. The van der Waals surface area contributed by atoms with Crippen molar-refractivity contribution in [3.8, 4) is 17.2 Å². The molecule has 9 heteroatoms. The summed E-state index contributed by atoms with van der Waals surface area (Å²) < 4.78 is 15.9. The maximum atomic E-state index is 11.9. The lowest BCUT2D eigenvalue weighted by atomic mass is 10.2. The van der Waals surface area contributed by atoms with Crippen LogP contribution in [0.4, 0.5) is 0 Å². The van der Waals surface area contributed by atoms with Crippen LogP contribution in [-0.4, -0.2) is 32.9 Å². The minimum atomic E-state index is -0.251. The van der Waals surface area contributed by atoms with Crippen molar-refractivity contribution in [1.82, 2.24) is 5.43 Å². The highest BCUT2D eigenvalue weighted by Gasteiger charge is 2.09. The van der Waals surface area contributed by atoms with Crippen LogP contribution in [0, 0.1) is 0 Å². The largest absolute Gasteiger partial charge is 0.493 e. The number of nitrogens with one attached hydrogen (secondary N) is 1. The lowest BCUT2D eigenvalue weighted by Gasteiger charge is -2.09. The van der Waals surface area contributed by atoms with Gasteiger partial charge in [0.25, 0.3) is 0 Å². The third-order valence-electron chi connectivity index (χ3n) is 3.60. The van der Waals surface area contributed by atoms with E-state index in [9.17, 15) is 4.79 Å². The fraction of sp³-hybridized carbons (Fsp3) is 0.263. The highest BCUT2D eigenvalue weighted by Crippen LogP contribution is 2.32. The summed E-state index contributed by atoms with van der Waals surface area (Å²) in [7, 11) is 3.04. The number of nitrogens with zero attached hydrogens (tertiary/aromatic N) is 1. The van der Waals surface area contributed by atoms with Gasteiger partial charge in [0.15, 0.2) is 11.5 Å². The van der Waals surface area contributed by atoms with Crippen LogP contribution >= 0.6 is 34.8 Å². The monoisotopic (exact) mass is 444 g/mol. The van der Waals surface area contributed by atoms with Crippen molar-refractivity contribution in [2.45, 2.75) is 12.8 Å². The van der Waals surface area contributed by atoms with Crippen LogP contribution in [0.3, 0.4) is 0 Å². The SMILES string of the molecule is COc1cc(Cl)c(/C=N/NC(=O)CCCOc2ccc(Cl)cc2Cl)cc1OC. The van der Waals surface area contributed by atoms with Crippen LogP contribution in [0.25, 0.3) is 0 Å². The second kappa shape index (κ2) is 11.0. The first-order chi connectivity index (χ1) is 13.4. The minimum absolute atomic E-state index is 0.238. The Hall–Kier alpha value is -2.15. The van der Waals surface area contributed by atoms with Crippen molar-refractivity contribution in [2.24, 2.45) is 5.10 Å². The number of hydrogen-bond acceptors (Lipinski definition) is 5. The van der Waals surface area contributed by atoms with Gasteiger partial charge in [-0.15, -0.1) is 0 Å². The summed E-state index contributed by atoms with van der Waals surface area (Å²) in [6.07, 6.45) is 2.17. The van der Waals surface area contributed by atoms with Crippen LogP contribution in [0.5, 0.6) is 17.2 Å². The van der Waals surface area contributed by atoms with Gasteiger partial charge in [-0.25, -0.2) is 5.43 Å². The van der Waals surface area contributed by atoms with Gasteiger partial charge < -0.3 is 14.2 Å². The molecule has 6 nitrogen and oxygen atoms in total. The smallest absolute Gasteiger partial charge is 0.240 e. The molecule has 0 bridgehead atoms. The summed E-state index contributed by atoms with van der Waals surface area (Å²) in [6.45, 7) is 0.333. The van der Waals surface area contributed by atoms with Crippen molar-refractivity contribution >= 4 is 46.9 Å². The van der Waals surface area contributed by atoms with Gasteiger partial charge >= 0.3 is 0 Å². The quantitative estimate of drug-likeness (QED) is 0.336. The molecule has 2 aromatic carbocycles. The zero-order valence-corrected chi connectivity index (χ0v) is 17.6. The highest BCUT2D eigenvalue weighted by molar-refractivity contribution is 6.35. The number of hydrogen-bond donors (Lipinski definition) is 1. The summed E-state index contributed by atoms with van der Waals surface area (Å²) in [6, 6.07) is 8.24. The summed E-state index contributed by atoms with van der Waals surface area (Å²) in [5, 5.41) is 5.29. The topological polar surface area (TPSA) is 69.2 Å². The van der Waals surface area contributed by atoms with Gasteiger partial charge in [0.2, 0.25) is 5.91 Å². The normalized spacial score (nSPS) is 10.8. The highest BCUT2D eigenvalue weighted by atomic mass is 35.5. The lowest BCUT2D eigenvalue weighted by Crippen LogP contribution is -2.18. The molecule has 150 valence electrons. The number of rotatable bonds is 9. The van der Waals surface area contributed by atoms with Crippen molar-refractivity contribution in [3.63, 3.8) is 0 Å². The van der Waals surface area contributed by atoms with Crippen LogP contribution < -0.4 is 19.6 Å². The number of hydrazone groups is 1. The van der Waals surface area contributed by atoms with Crippen molar-refractivity contribution in [2.75, 3.05) is 20.8 Å². The molecule has 0 saturated carbocycles. The molecule has 0 saturated heterocycles. The van der Waals surface area contributed by atoms with Gasteiger partial charge in [-0.3, -0.25) is 4.79 Å². The molecule has 0 unspecified atom stereocenters. The first kappa shape index (κ1) is 22.1. The lowest BCUT2D eigenvalue weighted by molar-refractivity contribution is -0.121. The first-order valence-corrected chi connectivity index (χ1v) is 9.39. The van der Waals surface area contributed by atoms with E-state index in [1.165, 1.54) is 20.4 Å². The van der Waals surface area contributed by atoms with Crippen molar-refractivity contribution in [1.29, 1.82) is 0 Å². The Bertz CT molecular complexity index is 859. The van der Waals surface area contributed by atoms with Crippen molar-refractivity contribution < 1.29 is 19.0 Å². The zero-order chi connectivity index (χ0) is 20.5.